The average molecular weight is 272 g/mol. The van der Waals surface area contributed by atoms with Gasteiger partial charge in [-0.3, -0.25) is 0 Å². The Morgan fingerprint density at radius 2 is 1.65 bits per heavy atom. The van der Waals surface area contributed by atoms with E-state index >= 15 is 0 Å². The van der Waals surface area contributed by atoms with Crippen LogP contribution in [0.1, 0.15) is 0 Å². The molecular weight excluding hydrogens is 260 g/mol. The second-order valence-electron chi connectivity index (χ2n) is 4.20. The highest BCUT2D eigenvalue weighted by atomic mass is 16.6. The molecule has 2 aromatic carbocycles. The summed E-state index contributed by atoms with van der Waals surface area (Å²) in [6.45, 7) is 1.04. The van der Waals surface area contributed by atoms with Crippen LogP contribution in [0, 0.1) is 0 Å². The van der Waals surface area contributed by atoms with E-state index in [1.165, 1.54) is 18.2 Å². The van der Waals surface area contributed by atoms with E-state index < -0.39 is 0 Å². The first-order chi connectivity index (χ1) is 9.72. The molecule has 2 N–H and O–H groups in total. The summed E-state index contributed by atoms with van der Waals surface area (Å²) in [5.74, 6) is 1.15. The molecule has 0 atom stereocenters. The van der Waals surface area contributed by atoms with Crippen LogP contribution in [0.25, 0.3) is 0 Å². The second-order valence-corrected chi connectivity index (χ2v) is 4.20. The molecule has 0 aromatic heterocycles. The van der Waals surface area contributed by atoms with Crippen molar-refractivity contribution in [3.8, 4) is 23.0 Å². The Balaban J connectivity index is 1.85. The van der Waals surface area contributed by atoms with E-state index in [9.17, 15) is 10.2 Å². The van der Waals surface area contributed by atoms with Gasteiger partial charge in [-0.2, -0.15) is 5.11 Å². The third-order valence-corrected chi connectivity index (χ3v) is 2.76. The minimum Gasteiger partial charge on any atom is -0.508 e. The van der Waals surface area contributed by atoms with Crippen LogP contribution in [0.4, 0.5) is 11.4 Å². The van der Waals surface area contributed by atoms with Crippen molar-refractivity contribution in [2.75, 3.05) is 13.2 Å². The van der Waals surface area contributed by atoms with Crippen LogP contribution >= 0.6 is 0 Å². The average Bonchev–Trinajstić information content (AvgIpc) is 2.46. The van der Waals surface area contributed by atoms with E-state index in [-0.39, 0.29) is 17.2 Å². The van der Waals surface area contributed by atoms with Crippen LogP contribution in [0.2, 0.25) is 0 Å². The number of nitrogens with zero attached hydrogens (tertiary/aromatic N) is 2. The predicted molar refractivity (Wildman–Crippen MR) is 71.4 cm³/mol. The summed E-state index contributed by atoms with van der Waals surface area (Å²) in [7, 11) is 0. The zero-order valence-corrected chi connectivity index (χ0v) is 10.5. The van der Waals surface area contributed by atoms with Crippen LogP contribution in [0.3, 0.4) is 0 Å². The first kappa shape index (κ1) is 12.3. The van der Waals surface area contributed by atoms with Gasteiger partial charge in [0.2, 0.25) is 0 Å². The van der Waals surface area contributed by atoms with Crippen molar-refractivity contribution in [1.82, 2.24) is 0 Å². The summed E-state index contributed by atoms with van der Waals surface area (Å²) < 4.78 is 10.9. The standard InChI is InChI=1S/C14H12N2O4/c17-10-2-3-11(12(18)8-10)16-15-9-1-4-13-14(7-9)20-6-5-19-13/h1-4,7-8,17-18H,5-6H2. The monoisotopic (exact) mass is 272 g/mol. The fourth-order valence-electron chi connectivity index (χ4n) is 1.80. The molecule has 1 aliphatic heterocycles. The normalized spacial score (nSPS) is 13.6. The van der Waals surface area contributed by atoms with Gasteiger partial charge in [-0.15, -0.1) is 5.11 Å². The highest BCUT2D eigenvalue weighted by Gasteiger charge is 2.11. The van der Waals surface area contributed by atoms with E-state index in [0.717, 1.165) is 0 Å². The number of fused-ring (bicyclic) bond motifs is 1. The Hall–Kier alpha value is -2.76. The lowest BCUT2D eigenvalue weighted by molar-refractivity contribution is 0.171. The Morgan fingerprint density at radius 1 is 0.850 bits per heavy atom. The largest absolute Gasteiger partial charge is 0.508 e. The number of ether oxygens (including phenoxy) is 2. The minimum atomic E-state index is -0.133. The number of hydrogen-bond donors (Lipinski definition) is 2. The first-order valence-corrected chi connectivity index (χ1v) is 6.06. The fraction of sp³-hybridized carbons (Fsp3) is 0.143. The summed E-state index contributed by atoms with van der Waals surface area (Å²) in [5.41, 5.74) is 0.861. The van der Waals surface area contributed by atoms with E-state index in [2.05, 4.69) is 10.2 Å². The van der Waals surface area contributed by atoms with Gasteiger partial charge in [-0.25, -0.2) is 0 Å². The van der Waals surface area contributed by atoms with Crippen molar-refractivity contribution in [1.29, 1.82) is 0 Å². The van der Waals surface area contributed by atoms with Crippen molar-refractivity contribution < 1.29 is 19.7 Å². The number of phenols is 2. The molecule has 6 heteroatoms. The third-order valence-electron chi connectivity index (χ3n) is 2.76. The van der Waals surface area contributed by atoms with Crippen LogP contribution in [-0.2, 0) is 0 Å². The highest BCUT2D eigenvalue weighted by molar-refractivity contribution is 5.55. The second kappa shape index (κ2) is 5.08. The van der Waals surface area contributed by atoms with Crippen molar-refractivity contribution >= 4 is 11.4 Å². The number of phenolic OH excluding ortho intramolecular Hbond substituents is 2. The van der Waals surface area contributed by atoms with E-state index in [1.807, 2.05) is 0 Å². The molecule has 2 aromatic rings. The van der Waals surface area contributed by atoms with Gasteiger partial charge in [-0.1, -0.05) is 0 Å². The summed E-state index contributed by atoms with van der Waals surface area (Å²) in [6.07, 6.45) is 0. The number of rotatable bonds is 2. The third kappa shape index (κ3) is 2.49. The van der Waals surface area contributed by atoms with Crippen molar-refractivity contribution in [3.63, 3.8) is 0 Å². The molecule has 0 fully saturated rings. The van der Waals surface area contributed by atoms with Gasteiger partial charge >= 0.3 is 0 Å². The maximum Gasteiger partial charge on any atom is 0.163 e. The molecule has 0 spiro atoms. The number of benzene rings is 2. The molecule has 6 nitrogen and oxygen atoms in total. The van der Waals surface area contributed by atoms with Gasteiger partial charge in [0.1, 0.15) is 30.4 Å². The zero-order valence-electron chi connectivity index (χ0n) is 10.5. The molecule has 0 radical (unpaired) electrons. The molecule has 0 saturated heterocycles. The topological polar surface area (TPSA) is 83.6 Å². The molecule has 102 valence electrons. The summed E-state index contributed by atoms with van der Waals surface area (Å²) in [6, 6.07) is 9.34. The van der Waals surface area contributed by atoms with Crippen LogP contribution in [0.5, 0.6) is 23.0 Å². The molecular formula is C14H12N2O4. The smallest absolute Gasteiger partial charge is 0.163 e. The molecule has 0 bridgehead atoms. The van der Waals surface area contributed by atoms with Gasteiger partial charge in [0.25, 0.3) is 0 Å². The molecule has 0 saturated carbocycles. The maximum absolute atomic E-state index is 9.60. The number of azo groups is 1. The Bertz CT molecular complexity index is 670. The van der Waals surface area contributed by atoms with Gasteiger partial charge in [0.15, 0.2) is 11.5 Å². The van der Waals surface area contributed by atoms with Crippen LogP contribution in [-0.4, -0.2) is 23.4 Å². The summed E-state index contributed by atoms with van der Waals surface area (Å²) >= 11 is 0. The Labute approximate surface area is 114 Å². The quantitative estimate of drug-likeness (QED) is 0.822. The molecule has 1 aliphatic rings. The molecule has 1 heterocycles. The van der Waals surface area contributed by atoms with Gasteiger partial charge < -0.3 is 19.7 Å². The van der Waals surface area contributed by atoms with Crippen LogP contribution < -0.4 is 9.47 Å². The maximum atomic E-state index is 9.60. The van der Waals surface area contributed by atoms with E-state index in [0.29, 0.717) is 30.4 Å². The molecule has 20 heavy (non-hydrogen) atoms. The molecule has 0 aliphatic carbocycles. The lowest BCUT2D eigenvalue weighted by atomic mass is 10.2. The van der Waals surface area contributed by atoms with Gasteiger partial charge in [0.05, 0.1) is 5.69 Å². The summed E-state index contributed by atoms with van der Waals surface area (Å²) in [5, 5.41) is 26.8. The SMILES string of the molecule is Oc1ccc(N=Nc2ccc3c(c2)OCCO3)c(O)c1. The number of aromatic hydroxyl groups is 2. The van der Waals surface area contributed by atoms with Crippen molar-refractivity contribution in [2.24, 2.45) is 10.2 Å². The molecule has 0 unspecified atom stereocenters. The lowest BCUT2D eigenvalue weighted by Crippen LogP contribution is -2.14. The minimum absolute atomic E-state index is 0.0271. The molecule has 3 rings (SSSR count). The highest BCUT2D eigenvalue weighted by Crippen LogP contribution is 2.35. The summed E-state index contributed by atoms with van der Waals surface area (Å²) in [4.78, 5) is 0. The van der Waals surface area contributed by atoms with Crippen molar-refractivity contribution in [2.45, 2.75) is 0 Å². The van der Waals surface area contributed by atoms with Gasteiger partial charge in [-0.05, 0) is 24.3 Å². The van der Waals surface area contributed by atoms with Gasteiger partial charge in [0, 0.05) is 12.1 Å². The fourth-order valence-corrected chi connectivity index (χ4v) is 1.80. The molecule has 0 amide bonds. The Morgan fingerprint density at radius 3 is 2.45 bits per heavy atom. The van der Waals surface area contributed by atoms with Crippen LogP contribution in [0.15, 0.2) is 46.6 Å². The van der Waals surface area contributed by atoms with E-state index in [1.54, 1.807) is 18.2 Å². The zero-order chi connectivity index (χ0) is 13.9. The first-order valence-electron chi connectivity index (χ1n) is 6.06. The van der Waals surface area contributed by atoms with E-state index in [4.69, 9.17) is 9.47 Å². The lowest BCUT2D eigenvalue weighted by Gasteiger charge is -2.17. The van der Waals surface area contributed by atoms with Crippen molar-refractivity contribution in [3.05, 3.63) is 36.4 Å². The Kier molecular flexibility index (Phi) is 3.12. The predicted octanol–water partition coefficient (Wildman–Crippen LogP) is 3.28. The number of hydrogen-bond acceptors (Lipinski definition) is 6.